The molecule has 0 aromatic heterocycles. The topological polar surface area (TPSA) is 38.0 Å². The van der Waals surface area contributed by atoms with Gasteiger partial charge in [0.15, 0.2) is 0 Å². The van der Waals surface area contributed by atoms with Crippen molar-refractivity contribution in [1.82, 2.24) is 0 Å². The summed E-state index contributed by atoms with van der Waals surface area (Å²) < 4.78 is 0. The number of hydrogen-bond donors (Lipinski definition) is 2. The number of rotatable bonds is 8. The molecular weight excluding hydrogens is 256 g/mol. The Balaban J connectivity index is 2.64. The van der Waals surface area contributed by atoms with Crippen molar-refractivity contribution in [2.45, 2.75) is 59.8 Å². The van der Waals surface area contributed by atoms with E-state index in [-0.39, 0.29) is 5.41 Å². The standard InChI is InChI=1S/C19H32N2/c1-6-7-8-9-12-21-18-13-16(10-11-17(18)20)15(2)14-19(3,4)5/h10-11,13,21H,2,6-9,12,14,20H2,1,3-5H3. The predicted octanol–water partition coefficient (Wildman–Crippen LogP) is 5.71. The first-order valence-corrected chi connectivity index (χ1v) is 8.15. The van der Waals surface area contributed by atoms with Gasteiger partial charge in [-0.25, -0.2) is 0 Å². The van der Waals surface area contributed by atoms with Gasteiger partial charge >= 0.3 is 0 Å². The highest BCUT2D eigenvalue weighted by molar-refractivity contribution is 5.74. The monoisotopic (exact) mass is 288 g/mol. The molecule has 0 saturated carbocycles. The van der Waals surface area contributed by atoms with E-state index in [4.69, 9.17) is 5.73 Å². The lowest BCUT2D eigenvalue weighted by molar-refractivity contribution is 0.427. The Morgan fingerprint density at radius 2 is 1.90 bits per heavy atom. The number of nitrogen functional groups attached to an aromatic ring is 1. The third kappa shape index (κ3) is 6.70. The zero-order valence-electron chi connectivity index (χ0n) is 14.3. The lowest BCUT2D eigenvalue weighted by atomic mass is 9.86. The summed E-state index contributed by atoms with van der Waals surface area (Å²) in [6.45, 7) is 14.2. The van der Waals surface area contributed by atoms with Crippen LogP contribution >= 0.6 is 0 Å². The maximum Gasteiger partial charge on any atom is 0.0580 e. The molecule has 1 rings (SSSR count). The summed E-state index contributed by atoms with van der Waals surface area (Å²) in [5, 5.41) is 3.46. The molecule has 1 aromatic rings. The van der Waals surface area contributed by atoms with Crippen LogP contribution in [0.15, 0.2) is 24.8 Å². The quantitative estimate of drug-likeness (QED) is 0.475. The van der Waals surface area contributed by atoms with E-state index >= 15 is 0 Å². The van der Waals surface area contributed by atoms with Crippen LogP contribution < -0.4 is 11.1 Å². The highest BCUT2D eigenvalue weighted by Gasteiger charge is 2.13. The fourth-order valence-electron chi connectivity index (χ4n) is 2.45. The van der Waals surface area contributed by atoms with E-state index in [0.29, 0.717) is 0 Å². The van der Waals surface area contributed by atoms with E-state index < -0.39 is 0 Å². The molecule has 0 heterocycles. The maximum atomic E-state index is 6.07. The van der Waals surface area contributed by atoms with Crippen LogP contribution in [0.2, 0.25) is 0 Å². The minimum absolute atomic E-state index is 0.256. The van der Waals surface area contributed by atoms with E-state index in [1.54, 1.807) is 0 Å². The van der Waals surface area contributed by atoms with Crippen LogP contribution in [0.3, 0.4) is 0 Å². The van der Waals surface area contributed by atoms with Crippen LogP contribution in [0.25, 0.3) is 5.57 Å². The van der Waals surface area contributed by atoms with Gasteiger partial charge in [0.2, 0.25) is 0 Å². The van der Waals surface area contributed by atoms with Crippen LogP contribution in [0.4, 0.5) is 11.4 Å². The molecule has 0 fully saturated rings. The van der Waals surface area contributed by atoms with Gasteiger partial charge in [-0.1, -0.05) is 59.6 Å². The molecule has 0 aliphatic rings. The van der Waals surface area contributed by atoms with Gasteiger partial charge < -0.3 is 11.1 Å². The number of nitrogens with two attached hydrogens (primary N) is 1. The second-order valence-corrected chi connectivity index (χ2v) is 7.13. The van der Waals surface area contributed by atoms with Gasteiger partial charge in [-0.15, -0.1) is 0 Å². The Kier molecular flexibility index (Phi) is 6.80. The summed E-state index contributed by atoms with van der Waals surface area (Å²) in [5.74, 6) is 0. The molecule has 2 nitrogen and oxygen atoms in total. The average molecular weight is 288 g/mol. The Bertz CT molecular complexity index is 455. The molecular formula is C19H32N2. The SMILES string of the molecule is C=C(CC(C)(C)C)c1ccc(N)c(NCCCCCC)c1. The van der Waals surface area contributed by atoms with E-state index in [2.05, 4.69) is 51.7 Å². The number of nitrogens with one attached hydrogen (secondary N) is 1. The van der Waals surface area contributed by atoms with Gasteiger partial charge in [-0.3, -0.25) is 0 Å². The highest BCUT2D eigenvalue weighted by atomic mass is 14.9. The molecule has 118 valence electrons. The Labute approximate surface area is 130 Å². The summed E-state index contributed by atoms with van der Waals surface area (Å²) in [4.78, 5) is 0. The third-order valence-corrected chi connectivity index (χ3v) is 3.55. The second kappa shape index (κ2) is 8.11. The van der Waals surface area contributed by atoms with Crippen LogP contribution in [-0.4, -0.2) is 6.54 Å². The van der Waals surface area contributed by atoms with Gasteiger partial charge in [0.05, 0.1) is 11.4 Å². The molecule has 0 unspecified atom stereocenters. The smallest absolute Gasteiger partial charge is 0.0580 e. The van der Waals surface area contributed by atoms with Gasteiger partial charge in [0.25, 0.3) is 0 Å². The first-order valence-electron chi connectivity index (χ1n) is 8.15. The molecule has 2 heteroatoms. The number of hydrogen-bond acceptors (Lipinski definition) is 2. The van der Waals surface area contributed by atoms with Gasteiger partial charge in [-0.2, -0.15) is 0 Å². The van der Waals surface area contributed by atoms with Crippen molar-refractivity contribution in [3.63, 3.8) is 0 Å². The van der Waals surface area contributed by atoms with Gasteiger partial charge in [-0.05, 0) is 41.5 Å². The van der Waals surface area contributed by atoms with E-state index in [0.717, 1.165) is 24.3 Å². The van der Waals surface area contributed by atoms with Crippen molar-refractivity contribution >= 4 is 16.9 Å². The minimum atomic E-state index is 0.256. The number of anilines is 2. The molecule has 0 aliphatic carbocycles. The summed E-state index contributed by atoms with van der Waals surface area (Å²) >= 11 is 0. The summed E-state index contributed by atoms with van der Waals surface area (Å²) in [5.41, 5.74) is 10.5. The molecule has 0 radical (unpaired) electrons. The van der Waals surface area contributed by atoms with Crippen molar-refractivity contribution in [2.24, 2.45) is 5.41 Å². The molecule has 3 N–H and O–H groups in total. The normalized spacial score (nSPS) is 11.4. The van der Waals surface area contributed by atoms with Crippen molar-refractivity contribution in [1.29, 1.82) is 0 Å². The van der Waals surface area contributed by atoms with E-state index in [1.807, 2.05) is 6.07 Å². The summed E-state index contributed by atoms with van der Waals surface area (Å²) in [6, 6.07) is 6.20. The number of benzene rings is 1. The molecule has 0 aliphatic heterocycles. The average Bonchev–Trinajstić information content (AvgIpc) is 2.38. The van der Waals surface area contributed by atoms with Crippen LogP contribution in [0, 0.1) is 5.41 Å². The molecule has 0 bridgehead atoms. The molecule has 1 aromatic carbocycles. The predicted molar refractivity (Wildman–Crippen MR) is 96.6 cm³/mol. The van der Waals surface area contributed by atoms with Crippen molar-refractivity contribution in [2.75, 3.05) is 17.6 Å². The van der Waals surface area contributed by atoms with Crippen LogP contribution in [0.1, 0.15) is 65.4 Å². The fourth-order valence-corrected chi connectivity index (χ4v) is 2.45. The van der Waals surface area contributed by atoms with E-state index in [1.165, 1.54) is 36.8 Å². The number of unbranched alkanes of at least 4 members (excludes halogenated alkanes) is 3. The minimum Gasteiger partial charge on any atom is -0.397 e. The van der Waals surface area contributed by atoms with Gasteiger partial charge in [0.1, 0.15) is 0 Å². The summed E-state index contributed by atoms with van der Waals surface area (Å²) in [6.07, 6.45) is 6.04. The summed E-state index contributed by atoms with van der Waals surface area (Å²) in [7, 11) is 0. The molecule has 0 atom stereocenters. The molecule has 21 heavy (non-hydrogen) atoms. The first-order chi connectivity index (χ1) is 9.83. The first kappa shape index (κ1) is 17.6. The Hall–Kier alpha value is -1.44. The fraction of sp³-hybridized carbons (Fsp3) is 0.579. The molecule has 0 saturated heterocycles. The van der Waals surface area contributed by atoms with Crippen LogP contribution in [-0.2, 0) is 0 Å². The van der Waals surface area contributed by atoms with Crippen LogP contribution in [0.5, 0.6) is 0 Å². The lowest BCUT2D eigenvalue weighted by Gasteiger charge is -2.20. The van der Waals surface area contributed by atoms with Crippen molar-refractivity contribution in [3.05, 3.63) is 30.3 Å². The second-order valence-electron chi connectivity index (χ2n) is 7.13. The Morgan fingerprint density at radius 3 is 2.52 bits per heavy atom. The highest BCUT2D eigenvalue weighted by Crippen LogP contribution is 2.31. The zero-order chi connectivity index (χ0) is 15.9. The maximum absolute atomic E-state index is 6.07. The zero-order valence-corrected chi connectivity index (χ0v) is 14.3. The lowest BCUT2D eigenvalue weighted by Crippen LogP contribution is -2.07. The van der Waals surface area contributed by atoms with Gasteiger partial charge in [0, 0.05) is 6.54 Å². The third-order valence-electron chi connectivity index (χ3n) is 3.55. The largest absolute Gasteiger partial charge is 0.397 e. The number of allylic oxidation sites excluding steroid dienone is 1. The molecule has 0 amide bonds. The van der Waals surface area contributed by atoms with Crippen molar-refractivity contribution in [3.8, 4) is 0 Å². The van der Waals surface area contributed by atoms with Crippen molar-refractivity contribution < 1.29 is 0 Å². The van der Waals surface area contributed by atoms with E-state index in [9.17, 15) is 0 Å². The Morgan fingerprint density at radius 1 is 1.19 bits per heavy atom. The molecule has 0 spiro atoms.